The van der Waals surface area contributed by atoms with Gasteiger partial charge in [-0.15, -0.1) is 0 Å². The van der Waals surface area contributed by atoms with Crippen LogP contribution < -0.4 is 5.73 Å². The molecule has 1 unspecified atom stereocenters. The Morgan fingerprint density at radius 2 is 1.90 bits per heavy atom. The number of ketones is 2. The van der Waals surface area contributed by atoms with Crippen LogP contribution in [0.3, 0.4) is 0 Å². The van der Waals surface area contributed by atoms with E-state index in [1.54, 1.807) is 6.08 Å². The molecule has 3 rings (SSSR count). The topological polar surface area (TPSA) is 115 Å². The zero-order valence-electron chi connectivity index (χ0n) is 10.7. The van der Waals surface area contributed by atoms with E-state index < -0.39 is 32.6 Å². The molecule has 0 saturated heterocycles. The second kappa shape index (κ2) is 4.45. The summed E-state index contributed by atoms with van der Waals surface area (Å²) in [5.74, 6) is -1.08. The minimum atomic E-state index is -4.61. The normalized spacial score (nSPS) is 21.3. The van der Waals surface area contributed by atoms with Gasteiger partial charge in [-0.1, -0.05) is 24.3 Å². The monoisotopic (exact) mass is 305 g/mol. The number of allylic oxidation sites excluding steroid dienone is 2. The molecular weight excluding hydrogens is 294 g/mol. The Hall–Kier alpha value is -2.09. The summed E-state index contributed by atoms with van der Waals surface area (Å²) in [6, 6.07) is 3.10. The average Bonchev–Trinajstić information content (AvgIpc) is 2.43. The van der Waals surface area contributed by atoms with Crippen LogP contribution >= 0.6 is 0 Å². The number of nitrogens with two attached hydrogens (primary N) is 1. The maximum Gasteiger partial charge on any atom is 0.295 e. The number of Topliss-reactive ketones (excluding diaryl/α,β-unsaturated/α-hetero) is 2. The molecule has 21 heavy (non-hydrogen) atoms. The Balaban J connectivity index is 2.35. The third kappa shape index (κ3) is 1.98. The number of hydrogen-bond acceptors (Lipinski definition) is 5. The molecule has 0 aromatic heterocycles. The van der Waals surface area contributed by atoms with Crippen LogP contribution in [0.2, 0.25) is 0 Å². The number of carbonyl (C=O) groups is 2. The predicted octanol–water partition coefficient (Wildman–Crippen LogP) is 0.896. The van der Waals surface area contributed by atoms with E-state index in [9.17, 15) is 22.6 Å². The molecule has 1 aromatic carbocycles. The van der Waals surface area contributed by atoms with E-state index in [-0.39, 0.29) is 22.3 Å². The van der Waals surface area contributed by atoms with E-state index in [4.69, 9.17) is 5.73 Å². The molecule has 2 aliphatic carbocycles. The number of fused-ring (bicyclic) bond motifs is 1. The van der Waals surface area contributed by atoms with Crippen molar-refractivity contribution in [2.24, 2.45) is 5.73 Å². The largest absolute Gasteiger partial charge is 0.324 e. The predicted molar refractivity (Wildman–Crippen MR) is 73.7 cm³/mol. The van der Waals surface area contributed by atoms with Gasteiger partial charge in [0.25, 0.3) is 10.1 Å². The Labute approximate surface area is 120 Å². The minimum Gasteiger partial charge on any atom is -0.324 e. The van der Waals surface area contributed by atoms with Crippen LogP contribution in [-0.4, -0.2) is 30.6 Å². The molecule has 0 radical (unpaired) electrons. The Bertz CT molecular complexity index is 848. The molecule has 0 heterocycles. The van der Waals surface area contributed by atoms with Crippen LogP contribution in [0.4, 0.5) is 0 Å². The highest BCUT2D eigenvalue weighted by atomic mass is 32.2. The first kappa shape index (κ1) is 13.9. The third-order valence-electron chi connectivity index (χ3n) is 3.60. The SMILES string of the molecule is NC1CC=CC2=C1C(=O)c1c(cccc1S(=O)(=O)O)C2=O. The molecule has 1 aromatic rings. The summed E-state index contributed by atoms with van der Waals surface area (Å²) in [6.07, 6.45) is 3.62. The average molecular weight is 305 g/mol. The first-order valence-electron chi connectivity index (χ1n) is 6.18. The van der Waals surface area contributed by atoms with Gasteiger partial charge in [0.15, 0.2) is 11.6 Å². The molecule has 0 amide bonds. The van der Waals surface area contributed by atoms with Gasteiger partial charge in [0, 0.05) is 22.8 Å². The molecular formula is C14H11NO5S. The van der Waals surface area contributed by atoms with Crippen LogP contribution in [0.5, 0.6) is 0 Å². The van der Waals surface area contributed by atoms with Gasteiger partial charge >= 0.3 is 0 Å². The van der Waals surface area contributed by atoms with Gasteiger partial charge < -0.3 is 5.73 Å². The quantitative estimate of drug-likeness (QED) is 0.745. The summed E-state index contributed by atoms with van der Waals surface area (Å²) in [5, 5.41) is 0. The summed E-state index contributed by atoms with van der Waals surface area (Å²) in [7, 11) is -4.61. The second-order valence-electron chi connectivity index (χ2n) is 4.88. The van der Waals surface area contributed by atoms with Gasteiger partial charge in [-0.25, -0.2) is 0 Å². The molecule has 6 nitrogen and oxygen atoms in total. The Morgan fingerprint density at radius 1 is 1.19 bits per heavy atom. The lowest BCUT2D eigenvalue weighted by molar-refractivity contribution is 0.0969. The van der Waals surface area contributed by atoms with Crippen LogP contribution in [-0.2, 0) is 10.1 Å². The van der Waals surface area contributed by atoms with E-state index in [2.05, 4.69) is 0 Å². The fourth-order valence-electron chi connectivity index (χ4n) is 2.68. The molecule has 1 atom stereocenters. The van der Waals surface area contributed by atoms with Crippen molar-refractivity contribution < 1.29 is 22.6 Å². The smallest absolute Gasteiger partial charge is 0.295 e. The zero-order chi connectivity index (χ0) is 15.4. The van der Waals surface area contributed by atoms with Crippen molar-refractivity contribution in [2.75, 3.05) is 0 Å². The summed E-state index contributed by atoms with van der Waals surface area (Å²) in [6.45, 7) is 0. The zero-order valence-corrected chi connectivity index (χ0v) is 11.6. The van der Waals surface area contributed by atoms with Gasteiger partial charge in [0.1, 0.15) is 4.90 Å². The van der Waals surface area contributed by atoms with Crippen molar-refractivity contribution in [3.8, 4) is 0 Å². The van der Waals surface area contributed by atoms with Crippen molar-refractivity contribution in [3.63, 3.8) is 0 Å². The van der Waals surface area contributed by atoms with Crippen molar-refractivity contribution in [1.82, 2.24) is 0 Å². The lowest BCUT2D eigenvalue weighted by atomic mass is 9.78. The maximum atomic E-state index is 12.6. The summed E-state index contributed by atoms with van der Waals surface area (Å²) in [5.41, 5.74) is 5.83. The van der Waals surface area contributed by atoms with Crippen LogP contribution in [0.15, 0.2) is 46.4 Å². The van der Waals surface area contributed by atoms with E-state index in [0.717, 1.165) is 6.07 Å². The number of carbonyl (C=O) groups excluding carboxylic acids is 2. The fourth-order valence-corrected chi connectivity index (χ4v) is 3.39. The van der Waals surface area contributed by atoms with E-state index in [1.807, 2.05) is 0 Å². The summed E-state index contributed by atoms with van der Waals surface area (Å²) in [4.78, 5) is 24.4. The highest BCUT2D eigenvalue weighted by molar-refractivity contribution is 7.86. The molecule has 2 aliphatic rings. The number of hydrogen-bond donors (Lipinski definition) is 2. The molecule has 0 saturated carbocycles. The molecule has 0 bridgehead atoms. The molecule has 7 heteroatoms. The molecule has 0 fully saturated rings. The van der Waals surface area contributed by atoms with Crippen molar-refractivity contribution in [3.05, 3.63) is 52.6 Å². The molecule has 3 N–H and O–H groups in total. The van der Waals surface area contributed by atoms with Crippen molar-refractivity contribution in [1.29, 1.82) is 0 Å². The van der Waals surface area contributed by atoms with Crippen molar-refractivity contribution in [2.45, 2.75) is 17.4 Å². The van der Waals surface area contributed by atoms with E-state index >= 15 is 0 Å². The van der Waals surface area contributed by atoms with Gasteiger partial charge in [0.05, 0.1) is 5.56 Å². The van der Waals surface area contributed by atoms with Crippen molar-refractivity contribution >= 4 is 21.7 Å². The molecule has 0 aliphatic heterocycles. The first-order valence-corrected chi connectivity index (χ1v) is 7.62. The highest BCUT2D eigenvalue weighted by Gasteiger charge is 2.38. The van der Waals surface area contributed by atoms with Crippen LogP contribution in [0, 0.1) is 0 Å². The number of benzene rings is 1. The van der Waals surface area contributed by atoms with E-state index in [0.29, 0.717) is 6.42 Å². The Morgan fingerprint density at radius 3 is 2.57 bits per heavy atom. The standard InChI is InChI=1S/C14H11NO5S/c15-9-5-1-3-7-11(9)14(17)12-8(13(7)16)4-2-6-10(12)21(18,19)20/h1-4,6,9H,5,15H2,(H,18,19,20). The summed E-state index contributed by atoms with van der Waals surface area (Å²) >= 11 is 0. The minimum absolute atomic E-state index is 0.0346. The van der Waals surface area contributed by atoms with Crippen LogP contribution in [0.1, 0.15) is 27.1 Å². The highest BCUT2D eigenvalue weighted by Crippen LogP contribution is 2.34. The van der Waals surface area contributed by atoms with Gasteiger partial charge in [-0.05, 0) is 12.5 Å². The lowest BCUT2D eigenvalue weighted by Crippen LogP contribution is -2.35. The summed E-state index contributed by atoms with van der Waals surface area (Å²) < 4.78 is 32.1. The van der Waals surface area contributed by atoms with Gasteiger partial charge in [0.2, 0.25) is 0 Å². The maximum absolute atomic E-state index is 12.6. The second-order valence-corrected chi connectivity index (χ2v) is 6.27. The number of rotatable bonds is 1. The third-order valence-corrected chi connectivity index (χ3v) is 4.50. The van der Waals surface area contributed by atoms with Crippen LogP contribution in [0.25, 0.3) is 0 Å². The van der Waals surface area contributed by atoms with Gasteiger partial charge in [-0.3, -0.25) is 14.1 Å². The van der Waals surface area contributed by atoms with Gasteiger partial charge in [-0.2, -0.15) is 8.42 Å². The molecule has 0 spiro atoms. The lowest BCUT2D eigenvalue weighted by Gasteiger charge is -2.26. The Kier molecular flexibility index (Phi) is 2.94. The molecule has 108 valence electrons. The van der Waals surface area contributed by atoms with E-state index in [1.165, 1.54) is 18.2 Å². The fraction of sp³-hybridized carbons (Fsp3) is 0.143. The first-order chi connectivity index (χ1) is 9.82.